The lowest BCUT2D eigenvalue weighted by Crippen LogP contribution is -2.23. The molecule has 0 amide bonds. The monoisotopic (exact) mass is 220 g/mol. The van der Waals surface area contributed by atoms with Crippen LogP contribution in [0.3, 0.4) is 0 Å². The minimum Gasteiger partial charge on any atom is -0.382 e. The van der Waals surface area contributed by atoms with Crippen molar-refractivity contribution >= 4 is 5.82 Å². The number of ether oxygens (including phenoxy) is 1. The van der Waals surface area contributed by atoms with E-state index < -0.39 is 5.41 Å². The van der Waals surface area contributed by atoms with Gasteiger partial charge >= 0.3 is 0 Å². The van der Waals surface area contributed by atoms with Crippen molar-refractivity contribution in [2.45, 2.75) is 31.7 Å². The van der Waals surface area contributed by atoms with Crippen molar-refractivity contribution in [3.8, 4) is 6.07 Å². The normalized spacial score (nSPS) is 20.9. The van der Waals surface area contributed by atoms with Crippen molar-refractivity contribution in [2.75, 3.05) is 18.9 Å². The molecule has 1 aromatic rings. The third kappa shape index (κ3) is 1.76. The molecule has 1 aromatic heterocycles. The Balaban J connectivity index is 2.41. The van der Waals surface area contributed by atoms with Gasteiger partial charge in [-0.05, 0) is 20.3 Å². The van der Waals surface area contributed by atoms with Crippen LogP contribution in [0.1, 0.15) is 32.0 Å². The Morgan fingerprint density at radius 2 is 2.44 bits per heavy atom. The highest BCUT2D eigenvalue weighted by molar-refractivity contribution is 5.36. The summed E-state index contributed by atoms with van der Waals surface area (Å²) in [5, 5.41) is 13.4. The first-order valence-corrected chi connectivity index (χ1v) is 5.39. The number of nitrogens with two attached hydrogens (primary N) is 1. The van der Waals surface area contributed by atoms with E-state index in [0.29, 0.717) is 12.4 Å². The van der Waals surface area contributed by atoms with Crippen molar-refractivity contribution in [3.05, 3.63) is 11.8 Å². The Morgan fingerprint density at radius 3 is 3.00 bits per heavy atom. The molecule has 1 aliphatic heterocycles. The maximum absolute atomic E-state index is 9.16. The Bertz CT molecular complexity index is 424. The van der Waals surface area contributed by atoms with Gasteiger partial charge in [0.2, 0.25) is 0 Å². The van der Waals surface area contributed by atoms with E-state index in [9.17, 15) is 0 Å². The Hall–Kier alpha value is -1.54. The Kier molecular flexibility index (Phi) is 2.60. The summed E-state index contributed by atoms with van der Waals surface area (Å²) in [6.07, 6.45) is 0.926. The van der Waals surface area contributed by atoms with Gasteiger partial charge in [0.15, 0.2) is 0 Å². The number of rotatable bonds is 2. The molecule has 1 atom stereocenters. The van der Waals surface area contributed by atoms with E-state index in [2.05, 4.69) is 11.2 Å². The second-order valence-electron chi connectivity index (χ2n) is 4.65. The summed E-state index contributed by atoms with van der Waals surface area (Å²) in [6, 6.07) is 4.27. The molecule has 2 rings (SSSR count). The summed E-state index contributed by atoms with van der Waals surface area (Å²) in [4.78, 5) is 0. The van der Waals surface area contributed by atoms with Crippen LogP contribution in [0.25, 0.3) is 0 Å². The largest absolute Gasteiger partial charge is 0.382 e. The molecular weight excluding hydrogens is 204 g/mol. The first-order chi connectivity index (χ1) is 7.54. The van der Waals surface area contributed by atoms with E-state index in [4.69, 9.17) is 15.7 Å². The molecule has 0 aromatic carbocycles. The topological polar surface area (TPSA) is 76.9 Å². The minimum atomic E-state index is -0.576. The first-order valence-electron chi connectivity index (χ1n) is 5.39. The zero-order valence-corrected chi connectivity index (χ0v) is 9.60. The molecule has 2 heterocycles. The smallest absolute Gasteiger partial charge is 0.145 e. The summed E-state index contributed by atoms with van der Waals surface area (Å²) < 4.78 is 7.19. The zero-order chi connectivity index (χ0) is 11.8. The SMILES string of the molecule is CC(C)(C#N)c1cc(N)nn1[C@@H]1CCOC1. The van der Waals surface area contributed by atoms with Crippen LogP contribution in [0.15, 0.2) is 6.07 Å². The maximum Gasteiger partial charge on any atom is 0.145 e. The zero-order valence-electron chi connectivity index (χ0n) is 9.60. The minimum absolute atomic E-state index is 0.208. The van der Waals surface area contributed by atoms with E-state index in [1.54, 1.807) is 6.07 Å². The third-order valence-corrected chi connectivity index (χ3v) is 2.93. The molecule has 1 fully saturated rings. The molecule has 0 radical (unpaired) electrons. The van der Waals surface area contributed by atoms with E-state index >= 15 is 0 Å². The molecule has 5 nitrogen and oxygen atoms in total. The van der Waals surface area contributed by atoms with Gasteiger partial charge in [-0.25, -0.2) is 0 Å². The molecule has 86 valence electrons. The summed E-state index contributed by atoms with van der Waals surface area (Å²) in [5.41, 5.74) is 6.00. The number of anilines is 1. The lowest BCUT2D eigenvalue weighted by molar-refractivity contribution is 0.183. The van der Waals surface area contributed by atoms with Crippen LogP contribution in [-0.2, 0) is 10.2 Å². The molecule has 1 aliphatic rings. The average molecular weight is 220 g/mol. The van der Waals surface area contributed by atoms with Crippen molar-refractivity contribution < 1.29 is 4.74 Å². The Morgan fingerprint density at radius 1 is 1.69 bits per heavy atom. The summed E-state index contributed by atoms with van der Waals surface area (Å²) in [6.45, 7) is 5.14. The Labute approximate surface area is 94.8 Å². The van der Waals surface area contributed by atoms with Gasteiger partial charge < -0.3 is 10.5 Å². The van der Waals surface area contributed by atoms with Crippen LogP contribution in [0, 0.1) is 11.3 Å². The van der Waals surface area contributed by atoms with Gasteiger partial charge in [0, 0.05) is 12.7 Å². The standard InChI is InChI=1S/C11H16N4O/c1-11(2,7-12)9-5-10(13)14-15(9)8-3-4-16-6-8/h5,8H,3-4,6H2,1-2H3,(H2,13,14)/t8-/m1/s1. The highest BCUT2D eigenvalue weighted by Gasteiger charge is 2.30. The van der Waals surface area contributed by atoms with Gasteiger partial charge in [0.1, 0.15) is 5.82 Å². The summed E-state index contributed by atoms with van der Waals surface area (Å²) in [7, 11) is 0. The van der Waals surface area contributed by atoms with Crippen LogP contribution >= 0.6 is 0 Å². The quantitative estimate of drug-likeness (QED) is 0.813. The molecule has 2 N–H and O–H groups in total. The number of hydrogen-bond donors (Lipinski definition) is 1. The fourth-order valence-corrected chi connectivity index (χ4v) is 1.93. The van der Waals surface area contributed by atoms with Gasteiger partial charge in [0.25, 0.3) is 0 Å². The van der Waals surface area contributed by atoms with Crippen LogP contribution in [0.5, 0.6) is 0 Å². The summed E-state index contributed by atoms with van der Waals surface area (Å²) in [5.74, 6) is 0.463. The lowest BCUT2D eigenvalue weighted by Gasteiger charge is -2.20. The van der Waals surface area contributed by atoms with Crippen LogP contribution in [-0.4, -0.2) is 23.0 Å². The number of hydrogen-bond acceptors (Lipinski definition) is 4. The molecule has 16 heavy (non-hydrogen) atoms. The molecule has 0 unspecified atom stereocenters. The second kappa shape index (κ2) is 3.80. The predicted molar refractivity (Wildman–Crippen MR) is 59.8 cm³/mol. The molecular formula is C11H16N4O. The van der Waals surface area contributed by atoms with Crippen molar-refractivity contribution in [1.82, 2.24) is 9.78 Å². The van der Waals surface area contributed by atoms with E-state index in [1.165, 1.54) is 0 Å². The van der Waals surface area contributed by atoms with Crippen molar-refractivity contribution in [3.63, 3.8) is 0 Å². The van der Waals surface area contributed by atoms with Crippen LogP contribution in [0.4, 0.5) is 5.82 Å². The molecule has 0 saturated carbocycles. The number of nitrogen functional groups attached to an aromatic ring is 1. The van der Waals surface area contributed by atoms with Crippen molar-refractivity contribution in [2.24, 2.45) is 0 Å². The average Bonchev–Trinajstić information content (AvgIpc) is 2.85. The highest BCUT2D eigenvalue weighted by atomic mass is 16.5. The first kappa shape index (κ1) is 11.0. The predicted octanol–water partition coefficient (Wildman–Crippen LogP) is 1.23. The van der Waals surface area contributed by atoms with Gasteiger partial charge in [-0.3, -0.25) is 4.68 Å². The van der Waals surface area contributed by atoms with E-state index in [1.807, 2.05) is 18.5 Å². The molecule has 0 bridgehead atoms. The second-order valence-corrected chi connectivity index (χ2v) is 4.65. The van der Waals surface area contributed by atoms with E-state index in [-0.39, 0.29) is 6.04 Å². The van der Waals surface area contributed by atoms with Gasteiger partial charge in [-0.15, -0.1) is 0 Å². The molecule has 0 aliphatic carbocycles. The number of nitrogens with zero attached hydrogens (tertiary/aromatic N) is 3. The number of nitriles is 1. The summed E-state index contributed by atoms with van der Waals surface area (Å²) >= 11 is 0. The molecule has 0 spiro atoms. The lowest BCUT2D eigenvalue weighted by atomic mass is 9.91. The van der Waals surface area contributed by atoms with Gasteiger partial charge in [-0.2, -0.15) is 10.4 Å². The third-order valence-electron chi connectivity index (χ3n) is 2.93. The van der Waals surface area contributed by atoms with Crippen molar-refractivity contribution in [1.29, 1.82) is 5.26 Å². The fourth-order valence-electron chi connectivity index (χ4n) is 1.93. The van der Waals surface area contributed by atoms with Crippen LogP contribution < -0.4 is 5.73 Å². The van der Waals surface area contributed by atoms with Crippen LogP contribution in [0.2, 0.25) is 0 Å². The maximum atomic E-state index is 9.16. The van der Waals surface area contributed by atoms with Gasteiger partial charge in [-0.1, -0.05) is 0 Å². The molecule has 1 saturated heterocycles. The molecule has 5 heteroatoms. The van der Waals surface area contributed by atoms with E-state index in [0.717, 1.165) is 18.7 Å². The van der Waals surface area contributed by atoms with Gasteiger partial charge in [0.05, 0.1) is 29.8 Å². The number of aromatic nitrogens is 2. The fraction of sp³-hybridized carbons (Fsp3) is 0.636. The highest BCUT2D eigenvalue weighted by Crippen LogP contribution is 2.29.